The zero-order chi connectivity index (χ0) is 10.4. The lowest BCUT2D eigenvalue weighted by Gasteiger charge is -1.99. The first kappa shape index (κ1) is 11.0. The fourth-order valence-corrected chi connectivity index (χ4v) is 1.33. The Kier molecular flexibility index (Phi) is 4.40. The quantitative estimate of drug-likeness (QED) is 0.613. The normalized spacial score (nSPS) is 11.1. The van der Waals surface area contributed by atoms with Crippen LogP contribution in [0.5, 0.6) is 0 Å². The van der Waals surface area contributed by atoms with E-state index in [1.54, 1.807) is 13.0 Å². The topological polar surface area (TPSA) is 26.3 Å². The highest BCUT2D eigenvalue weighted by atomic mass is 79.9. The molecule has 0 spiro atoms. The van der Waals surface area contributed by atoms with Gasteiger partial charge in [-0.05, 0) is 34.5 Å². The molecular formula is C11H11BrO2. The smallest absolute Gasteiger partial charge is 0.345 e. The van der Waals surface area contributed by atoms with Gasteiger partial charge in [-0.3, -0.25) is 0 Å². The summed E-state index contributed by atoms with van der Waals surface area (Å²) < 4.78 is 5.26. The predicted molar refractivity (Wildman–Crippen MR) is 60.0 cm³/mol. The lowest BCUT2D eigenvalue weighted by Crippen LogP contribution is -2.02. The van der Waals surface area contributed by atoms with Crippen molar-refractivity contribution >= 4 is 28.0 Å². The van der Waals surface area contributed by atoms with E-state index in [1.165, 1.54) is 0 Å². The van der Waals surface area contributed by atoms with Crippen molar-refractivity contribution in [2.75, 3.05) is 6.61 Å². The summed E-state index contributed by atoms with van der Waals surface area (Å²) in [5.41, 5.74) is 0.965. The molecule has 14 heavy (non-hydrogen) atoms. The van der Waals surface area contributed by atoms with Crippen molar-refractivity contribution < 1.29 is 9.53 Å². The summed E-state index contributed by atoms with van der Waals surface area (Å²) >= 11 is 3.17. The third-order valence-electron chi connectivity index (χ3n) is 1.56. The molecular weight excluding hydrogens is 244 g/mol. The van der Waals surface area contributed by atoms with Gasteiger partial charge in [0, 0.05) is 0 Å². The number of hydrogen-bond donors (Lipinski definition) is 0. The van der Waals surface area contributed by atoms with Gasteiger partial charge in [-0.25, -0.2) is 4.79 Å². The summed E-state index contributed by atoms with van der Waals surface area (Å²) in [5, 5.41) is 0. The van der Waals surface area contributed by atoms with Crippen LogP contribution < -0.4 is 0 Å². The number of ether oxygens (including phenoxy) is 1. The molecule has 3 heteroatoms. The highest BCUT2D eigenvalue weighted by Gasteiger charge is 2.05. The van der Waals surface area contributed by atoms with Gasteiger partial charge in [-0.1, -0.05) is 30.3 Å². The van der Waals surface area contributed by atoms with E-state index in [1.807, 2.05) is 30.3 Å². The Morgan fingerprint density at radius 3 is 2.64 bits per heavy atom. The van der Waals surface area contributed by atoms with Crippen LogP contribution in [0.2, 0.25) is 0 Å². The first-order valence-corrected chi connectivity index (χ1v) is 5.12. The predicted octanol–water partition coefficient (Wildman–Crippen LogP) is 2.99. The Labute approximate surface area is 91.7 Å². The van der Waals surface area contributed by atoms with Crippen LogP contribution in [0, 0.1) is 0 Å². The molecule has 0 saturated heterocycles. The largest absolute Gasteiger partial charge is 0.462 e. The Morgan fingerprint density at radius 1 is 1.43 bits per heavy atom. The molecule has 0 aliphatic carbocycles. The second kappa shape index (κ2) is 5.60. The molecule has 0 heterocycles. The van der Waals surface area contributed by atoms with Crippen LogP contribution in [0.4, 0.5) is 0 Å². The molecule has 2 nitrogen and oxygen atoms in total. The minimum atomic E-state index is -0.337. The monoisotopic (exact) mass is 254 g/mol. The molecule has 0 saturated carbocycles. The fourth-order valence-electron chi connectivity index (χ4n) is 0.955. The van der Waals surface area contributed by atoms with Crippen molar-refractivity contribution in [3.63, 3.8) is 0 Å². The van der Waals surface area contributed by atoms with Gasteiger partial charge in [-0.2, -0.15) is 0 Å². The molecule has 1 aromatic rings. The summed E-state index contributed by atoms with van der Waals surface area (Å²) in [6.45, 7) is 2.16. The molecule has 0 aliphatic rings. The van der Waals surface area contributed by atoms with Gasteiger partial charge >= 0.3 is 5.97 Å². The Hall–Kier alpha value is -1.09. The van der Waals surface area contributed by atoms with Gasteiger partial charge in [0.25, 0.3) is 0 Å². The molecule has 0 radical (unpaired) electrons. The third-order valence-corrected chi connectivity index (χ3v) is 2.12. The van der Waals surface area contributed by atoms with Gasteiger partial charge in [0.15, 0.2) is 0 Å². The van der Waals surface area contributed by atoms with Crippen LogP contribution in [-0.4, -0.2) is 12.6 Å². The zero-order valence-corrected chi connectivity index (χ0v) is 9.45. The second-order valence-corrected chi connectivity index (χ2v) is 3.48. The minimum absolute atomic E-state index is 0.337. The van der Waals surface area contributed by atoms with Crippen LogP contribution in [0.15, 0.2) is 34.8 Å². The van der Waals surface area contributed by atoms with E-state index in [0.29, 0.717) is 11.1 Å². The molecule has 0 atom stereocenters. The van der Waals surface area contributed by atoms with Crippen LogP contribution in [0.3, 0.4) is 0 Å². The maximum atomic E-state index is 11.2. The van der Waals surface area contributed by atoms with E-state index >= 15 is 0 Å². The number of halogens is 1. The van der Waals surface area contributed by atoms with Crippen LogP contribution in [-0.2, 0) is 9.53 Å². The van der Waals surface area contributed by atoms with Crippen molar-refractivity contribution in [2.24, 2.45) is 0 Å². The van der Waals surface area contributed by atoms with Gasteiger partial charge in [0.1, 0.15) is 4.48 Å². The van der Waals surface area contributed by atoms with Crippen molar-refractivity contribution in [2.45, 2.75) is 6.92 Å². The zero-order valence-electron chi connectivity index (χ0n) is 7.87. The summed E-state index contributed by atoms with van der Waals surface area (Å²) in [4.78, 5) is 11.2. The minimum Gasteiger partial charge on any atom is -0.462 e. The third kappa shape index (κ3) is 3.34. The van der Waals surface area contributed by atoms with Crippen molar-refractivity contribution in [3.8, 4) is 0 Å². The van der Waals surface area contributed by atoms with Crippen molar-refractivity contribution in [1.82, 2.24) is 0 Å². The standard InChI is InChI=1S/C11H11BrO2/c1-2-14-11(13)10(12)8-9-6-4-3-5-7-9/h3-8H,2H2,1H3/b10-8+. The summed E-state index contributed by atoms with van der Waals surface area (Å²) in [5.74, 6) is -0.337. The summed E-state index contributed by atoms with van der Waals surface area (Å²) in [7, 11) is 0. The Bertz CT molecular complexity index is 330. The molecule has 0 N–H and O–H groups in total. The average molecular weight is 255 g/mol. The Morgan fingerprint density at radius 2 is 2.07 bits per heavy atom. The van der Waals surface area contributed by atoms with Gasteiger partial charge in [0.2, 0.25) is 0 Å². The van der Waals surface area contributed by atoms with E-state index < -0.39 is 0 Å². The fraction of sp³-hybridized carbons (Fsp3) is 0.182. The maximum absolute atomic E-state index is 11.2. The van der Waals surface area contributed by atoms with E-state index in [4.69, 9.17) is 4.74 Å². The molecule has 0 amide bonds. The van der Waals surface area contributed by atoms with Crippen molar-refractivity contribution in [3.05, 3.63) is 40.4 Å². The molecule has 74 valence electrons. The molecule has 1 aromatic carbocycles. The number of rotatable bonds is 3. The number of benzene rings is 1. The SMILES string of the molecule is CCOC(=O)/C(Br)=C\c1ccccc1. The number of hydrogen-bond acceptors (Lipinski definition) is 2. The highest BCUT2D eigenvalue weighted by Crippen LogP contribution is 2.13. The second-order valence-electron chi connectivity index (χ2n) is 2.62. The first-order valence-electron chi connectivity index (χ1n) is 4.33. The molecule has 0 fully saturated rings. The van der Waals surface area contributed by atoms with Crippen LogP contribution in [0.1, 0.15) is 12.5 Å². The number of carbonyl (C=O) groups excluding carboxylic acids is 1. The first-order chi connectivity index (χ1) is 6.74. The number of carbonyl (C=O) groups is 1. The van der Waals surface area contributed by atoms with E-state index in [9.17, 15) is 4.79 Å². The van der Waals surface area contributed by atoms with Gasteiger partial charge in [0.05, 0.1) is 6.61 Å². The molecule has 0 unspecified atom stereocenters. The van der Waals surface area contributed by atoms with Crippen molar-refractivity contribution in [1.29, 1.82) is 0 Å². The lowest BCUT2D eigenvalue weighted by atomic mass is 10.2. The van der Waals surface area contributed by atoms with Gasteiger partial charge in [-0.15, -0.1) is 0 Å². The highest BCUT2D eigenvalue weighted by molar-refractivity contribution is 9.12. The molecule has 0 bridgehead atoms. The Balaban J connectivity index is 2.74. The lowest BCUT2D eigenvalue weighted by molar-refractivity contribution is -0.137. The van der Waals surface area contributed by atoms with E-state index in [2.05, 4.69) is 15.9 Å². The number of esters is 1. The van der Waals surface area contributed by atoms with Crippen LogP contribution >= 0.6 is 15.9 Å². The maximum Gasteiger partial charge on any atom is 0.345 e. The average Bonchev–Trinajstić information content (AvgIpc) is 2.19. The van der Waals surface area contributed by atoms with Gasteiger partial charge < -0.3 is 4.74 Å². The molecule has 0 aromatic heterocycles. The summed E-state index contributed by atoms with van der Waals surface area (Å²) in [6, 6.07) is 9.59. The van der Waals surface area contributed by atoms with E-state index in [0.717, 1.165) is 5.56 Å². The molecule has 1 rings (SSSR count). The molecule has 0 aliphatic heterocycles. The van der Waals surface area contributed by atoms with Crippen LogP contribution in [0.25, 0.3) is 6.08 Å². The summed E-state index contributed by atoms with van der Waals surface area (Å²) in [6.07, 6.45) is 1.73. The van der Waals surface area contributed by atoms with E-state index in [-0.39, 0.29) is 5.97 Å².